The molecule has 0 atom stereocenters. The Morgan fingerprint density at radius 1 is 1.24 bits per heavy atom. The molecule has 0 aliphatic rings. The van der Waals surface area contributed by atoms with E-state index in [9.17, 15) is 4.79 Å². The smallest absolute Gasteiger partial charge is 0.323 e. The highest BCUT2D eigenvalue weighted by molar-refractivity contribution is 6.30. The average Bonchev–Trinajstić information content (AvgIpc) is 2.46. The van der Waals surface area contributed by atoms with Gasteiger partial charge in [0.05, 0.1) is 11.6 Å². The summed E-state index contributed by atoms with van der Waals surface area (Å²) in [5.41, 5.74) is 2.15. The van der Waals surface area contributed by atoms with Gasteiger partial charge in [0.25, 0.3) is 0 Å². The number of aliphatic carboxylic acids is 1. The van der Waals surface area contributed by atoms with Gasteiger partial charge in [0.2, 0.25) is 0 Å². The molecule has 2 aromatic rings. The lowest BCUT2D eigenvalue weighted by atomic mass is 10.1. The maximum absolute atomic E-state index is 11.1. The Labute approximate surface area is 127 Å². The molecule has 0 amide bonds. The number of carboxylic acid groups (broad SMARTS) is 1. The molecule has 0 saturated carbocycles. The molecule has 0 heterocycles. The summed E-state index contributed by atoms with van der Waals surface area (Å²) < 4.78 is 0. The SMILES string of the molecule is N#Cc1cccc(CN(CC(=O)O)c2cccc(Cl)c2)c1. The zero-order valence-electron chi connectivity index (χ0n) is 11.2. The van der Waals surface area contributed by atoms with Crippen LogP contribution in [0.1, 0.15) is 11.1 Å². The number of hydrogen-bond donors (Lipinski definition) is 1. The van der Waals surface area contributed by atoms with Gasteiger partial charge in [-0.25, -0.2) is 0 Å². The Hall–Kier alpha value is -2.51. The number of carbonyl (C=O) groups is 1. The molecule has 4 nitrogen and oxygen atoms in total. The molecule has 0 bridgehead atoms. The minimum absolute atomic E-state index is 0.142. The van der Waals surface area contributed by atoms with E-state index in [1.807, 2.05) is 12.1 Å². The van der Waals surface area contributed by atoms with E-state index >= 15 is 0 Å². The molecular weight excluding hydrogens is 288 g/mol. The second-order valence-electron chi connectivity index (χ2n) is 4.54. The number of nitrogens with zero attached hydrogens (tertiary/aromatic N) is 2. The molecule has 0 unspecified atom stereocenters. The number of hydrogen-bond acceptors (Lipinski definition) is 3. The zero-order valence-corrected chi connectivity index (χ0v) is 11.9. The van der Waals surface area contributed by atoms with Gasteiger partial charge in [-0.05, 0) is 35.9 Å². The van der Waals surface area contributed by atoms with E-state index in [2.05, 4.69) is 6.07 Å². The molecule has 106 valence electrons. The monoisotopic (exact) mass is 300 g/mol. The van der Waals surface area contributed by atoms with Crippen molar-refractivity contribution in [1.29, 1.82) is 5.26 Å². The summed E-state index contributed by atoms with van der Waals surface area (Å²) in [5, 5.41) is 18.5. The summed E-state index contributed by atoms with van der Waals surface area (Å²) in [4.78, 5) is 12.8. The number of anilines is 1. The molecule has 2 rings (SSSR count). The third kappa shape index (κ3) is 4.23. The molecular formula is C16H13ClN2O2. The summed E-state index contributed by atoms with van der Waals surface area (Å²) in [6.45, 7) is 0.249. The van der Waals surface area contributed by atoms with Gasteiger partial charge in [-0.15, -0.1) is 0 Å². The van der Waals surface area contributed by atoms with Crippen LogP contribution in [-0.2, 0) is 11.3 Å². The Bertz CT molecular complexity index is 695. The van der Waals surface area contributed by atoms with E-state index in [1.165, 1.54) is 0 Å². The van der Waals surface area contributed by atoms with Gasteiger partial charge in [0.1, 0.15) is 6.54 Å². The van der Waals surface area contributed by atoms with Crippen LogP contribution in [0.25, 0.3) is 0 Å². The van der Waals surface area contributed by atoms with Crippen molar-refractivity contribution in [2.45, 2.75) is 6.54 Å². The molecule has 0 aromatic heterocycles. The van der Waals surface area contributed by atoms with Crippen LogP contribution in [0, 0.1) is 11.3 Å². The standard InChI is InChI=1S/C16H13ClN2O2/c17-14-5-2-6-15(8-14)19(11-16(20)21)10-13-4-1-3-12(7-13)9-18/h1-8H,10-11H2,(H,20,21). The number of carboxylic acids is 1. The normalized spacial score (nSPS) is 9.90. The topological polar surface area (TPSA) is 64.3 Å². The van der Waals surface area contributed by atoms with Gasteiger partial charge < -0.3 is 10.0 Å². The van der Waals surface area contributed by atoms with E-state index in [0.29, 0.717) is 17.1 Å². The van der Waals surface area contributed by atoms with Crippen LogP contribution in [0.2, 0.25) is 5.02 Å². The van der Waals surface area contributed by atoms with Crippen molar-refractivity contribution in [3.63, 3.8) is 0 Å². The number of rotatable bonds is 5. The predicted molar refractivity (Wildman–Crippen MR) is 81.3 cm³/mol. The highest BCUT2D eigenvalue weighted by Gasteiger charge is 2.12. The first-order valence-electron chi connectivity index (χ1n) is 6.30. The quantitative estimate of drug-likeness (QED) is 0.920. The fourth-order valence-electron chi connectivity index (χ4n) is 2.03. The lowest BCUT2D eigenvalue weighted by Gasteiger charge is -2.23. The van der Waals surface area contributed by atoms with Gasteiger partial charge >= 0.3 is 5.97 Å². The van der Waals surface area contributed by atoms with E-state index in [-0.39, 0.29) is 6.54 Å². The molecule has 0 radical (unpaired) electrons. The maximum Gasteiger partial charge on any atom is 0.323 e. The lowest BCUT2D eigenvalue weighted by Crippen LogP contribution is -2.29. The van der Waals surface area contributed by atoms with Crippen LogP contribution in [0.5, 0.6) is 0 Å². The van der Waals surface area contributed by atoms with E-state index in [1.54, 1.807) is 41.3 Å². The van der Waals surface area contributed by atoms with Crippen LogP contribution in [-0.4, -0.2) is 17.6 Å². The van der Waals surface area contributed by atoms with Crippen molar-refractivity contribution in [1.82, 2.24) is 0 Å². The third-order valence-corrected chi connectivity index (χ3v) is 3.16. The van der Waals surface area contributed by atoms with Crippen LogP contribution in [0.3, 0.4) is 0 Å². The van der Waals surface area contributed by atoms with Crippen molar-refractivity contribution in [2.24, 2.45) is 0 Å². The minimum atomic E-state index is -0.925. The lowest BCUT2D eigenvalue weighted by molar-refractivity contribution is -0.135. The molecule has 0 aliphatic heterocycles. The van der Waals surface area contributed by atoms with E-state index < -0.39 is 5.97 Å². The van der Waals surface area contributed by atoms with Gasteiger partial charge in [0.15, 0.2) is 0 Å². The second kappa shape index (κ2) is 6.78. The molecule has 0 aliphatic carbocycles. The van der Waals surface area contributed by atoms with Gasteiger partial charge in [0, 0.05) is 17.3 Å². The summed E-state index contributed by atoms with van der Waals surface area (Å²) in [6, 6.07) is 16.2. The third-order valence-electron chi connectivity index (χ3n) is 2.93. The van der Waals surface area contributed by atoms with E-state index in [0.717, 1.165) is 11.3 Å². The van der Waals surface area contributed by atoms with Crippen LogP contribution in [0.15, 0.2) is 48.5 Å². The molecule has 2 aromatic carbocycles. The number of nitriles is 1. The van der Waals surface area contributed by atoms with Crippen molar-refractivity contribution in [3.8, 4) is 6.07 Å². The van der Waals surface area contributed by atoms with Gasteiger partial charge in [-0.1, -0.05) is 29.8 Å². The van der Waals surface area contributed by atoms with Gasteiger partial charge in [-0.2, -0.15) is 5.26 Å². The Balaban J connectivity index is 2.28. The van der Waals surface area contributed by atoms with Gasteiger partial charge in [-0.3, -0.25) is 4.79 Å². The summed E-state index contributed by atoms with van der Waals surface area (Å²) in [7, 11) is 0. The van der Waals surface area contributed by atoms with E-state index in [4.69, 9.17) is 22.0 Å². The highest BCUT2D eigenvalue weighted by atomic mass is 35.5. The maximum atomic E-state index is 11.1. The summed E-state index contributed by atoms with van der Waals surface area (Å²) >= 11 is 5.96. The summed E-state index contributed by atoms with van der Waals surface area (Å²) in [5.74, 6) is -0.925. The average molecular weight is 301 g/mol. The van der Waals surface area contributed by atoms with Crippen molar-refractivity contribution in [3.05, 3.63) is 64.7 Å². The Morgan fingerprint density at radius 2 is 2.00 bits per heavy atom. The predicted octanol–water partition coefficient (Wildman–Crippen LogP) is 3.30. The molecule has 21 heavy (non-hydrogen) atoms. The van der Waals surface area contributed by atoms with Crippen LogP contribution < -0.4 is 4.90 Å². The van der Waals surface area contributed by atoms with Crippen LogP contribution in [0.4, 0.5) is 5.69 Å². The number of benzene rings is 2. The molecule has 1 N–H and O–H groups in total. The Kier molecular flexibility index (Phi) is 4.81. The second-order valence-corrected chi connectivity index (χ2v) is 4.98. The van der Waals surface area contributed by atoms with Crippen molar-refractivity contribution >= 4 is 23.3 Å². The van der Waals surface area contributed by atoms with Crippen LogP contribution >= 0.6 is 11.6 Å². The first-order valence-corrected chi connectivity index (χ1v) is 6.67. The minimum Gasteiger partial charge on any atom is -0.480 e. The fraction of sp³-hybridized carbons (Fsp3) is 0.125. The zero-order chi connectivity index (χ0) is 15.2. The first-order chi connectivity index (χ1) is 10.1. The molecule has 0 fully saturated rings. The number of halogens is 1. The van der Waals surface area contributed by atoms with Crippen molar-refractivity contribution in [2.75, 3.05) is 11.4 Å². The molecule has 0 spiro atoms. The Morgan fingerprint density at radius 3 is 2.67 bits per heavy atom. The highest BCUT2D eigenvalue weighted by Crippen LogP contribution is 2.21. The molecule has 5 heteroatoms. The first kappa shape index (κ1) is 14.9. The fourth-order valence-corrected chi connectivity index (χ4v) is 2.22. The largest absolute Gasteiger partial charge is 0.480 e. The summed E-state index contributed by atoms with van der Waals surface area (Å²) in [6.07, 6.45) is 0. The molecule has 0 saturated heterocycles. The van der Waals surface area contributed by atoms with Crippen molar-refractivity contribution < 1.29 is 9.90 Å².